The number of fused-ring (bicyclic) bond motifs is 5. The summed E-state index contributed by atoms with van der Waals surface area (Å²) in [6, 6.07) is 0. The third-order valence-corrected chi connectivity index (χ3v) is 9.23. The molecular formula is C28H44O4. The van der Waals surface area contributed by atoms with Crippen molar-refractivity contribution in [2.75, 3.05) is 6.61 Å². The van der Waals surface area contributed by atoms with E-state index in [1.54, 1.807) is 6.08 Å². The molecule has 0 aromatic carbocycles. The second kappa shape index (κ2) is 10.4. The zero-order valence-corrected chi connectivity index (χ0v) is 20.3. The Morgan fingerprint density at radius 3 is 2.50 bits per heavy atom. The Morgan fingerprint density at radius 1 is 1.03 bits per heavy atom. The molecular weight excluding hydrogens is 400 g/mol. The SMILES string of the molecule is CCCCCCCCCCOC1C(=O)C=C2CC[C@H]3[C@H](CC[C@]4(C)[C@@H](O)CC[C@@H]34)C2=C1O. The van der Waals surface area contributed by atoms with Crippen LogP contribution in [-0.2, 0) is 9.53 Å². The Kier molecular flexibility index (Phi) is 7.82. The number of unbranched alkanes of at least 4 members (excludes halogenated alkanes) is 7. The molecule has 180 valence electrons. The number of carbonyl (C=O) groups is 1. The largest absolute Gasteiger partial charge is 0.509 e. The van der Waals surface area contributed by atoms with Crippen LogP contribution in [-0.4, -0.2) is 34.8 Å². The van der Waals surface area contributed by atoms with Gasteiger partial charge in [0.2, 0.25) is 0 Å². The molecule has 1 unspecified atom stereocenters. The van der Waals surface area contributed by atoms with Crippen LogP contribution in [0.25, 0.3) is 0 Å². The lowest BCUT2D eigenvalue weighted by Crippen LogP contribution is -2.46. The lowest BCUT2D eigenvalue weighted by Gasteiger charge is -2.51. The molecule has 0 bridgehead atoms. The summed E-state index contributed by atoms with van der Waals surface area (Å²) < 4.78 is 5.96. The number of aliphatic hydroxyl groups is 2. The summed E-state index contributed by atoms with van der Waals surface area (Å²) in [7, 11) is 0. The molecule has 4 rings (SSSR count). The van der Waals surface area contributed by atoms with Gasteiger partial charge in [0.1, 0.15) is 5.76 Å². The number of aliphatic hydroxyl groups excluding tert-OH is 2. The van der Waals surface area contributed by atoms with Gasteiger partial charge in [0.15, 0.2) is 11.9 Å². The van der Waals surface area contributed by atoms with Crippen molar-refractivity contribution in [2.24, 2.45) is 23.2 Å². The van der Waals surface area contributed by atoms with E-state index in [1.807, 2.05) is 0 Å². The van der Waals surface area contributed by atoms with Crippen LogP contribution in [0.15, 0.2) is 23.0 Å². The van der Waals surface area contributed by atoms with Gasteiger partial charge < -0.3 is 14.9 Å². The normalized spacial score (nSPS) is 36.5. The zero-order chi connectivity index (χ0) is 22.7. The number of ketones is 1. The van der Waals surface area contributed by atoms with E-state index < -0.39 is 6.10 Å². The van der Waals surface area contributed by atoms with Crippen molar-refractivity contribution in [1.29, 1.82) is 0 Å². The fourth-order valence-electron chi connectivity index (χ4n) is 7.34. The summed E-state index contributed by atoms with van der Waals surface area (Å²) in [5.41, 5.74) is 2.09. The quantitative estimate of drug-likeness (QED) is 0.381. The predicted molar refractivity (Wildman–Crippen MR) is 127 cm³/mol. The topological polar surface area (TPSA) is 66.8 Å². The Morgan fingerprint density at radius 2 is 1.75 bits per heavy atom. The number of carbonyl (C=O) groups excluding carboxylic acids is 1. The third-order valence-electron chi connectivity index (χ3n) is 9.23. The second-order valence-electron chi connectivity index (χ2n) is 11.1. The van der Waals surface area contributed by atoms with Crippen molar-refractivity contribution in [3.8, 4) is 0 Å². The highest BCUT2D eigenvalue weighted by Gasteiger charge is 2.56. The van der Waals surface area contributed by atoms with Gasteiger partial charge in [-0.25, -0.2) is 0 Å². The van der Waals surface area contributed by atoms with E-state index in [-0.39, 0.29) is 23.1 Å². The van der Waals surface area contributed by atoms with Crippen molar-refractivity contribution < 1.29 is 19.7 Å². The molecule has 2 N–H and O–H groups in total. The molecule has 0 saturated heterocycles. The van der Waals surface area contributed by atoms with Crippen molar-refractivity contribution in [3.05, 3.63) is 23.0 Å². The molecule has 0 amide bonds. The van der Waals surface area contributed by atoms with Gasteiger partial charge in [-0.15, -0.1) is 0 Å². The maximum absolute atomic E-state index is 12.7. The number of allylic oxidation sites excluding steroid dienone is 2. The van der Waals surface area contributed by atoms with Crippen LogP contribution < -0.4 is 0 Å². The first-order valence-corrected chi connectivity index (χ1v) is 13.4. The van der Waals surface area contributed by atoms with E-state index in [9.17, 15) is 15.0 Å². The fourth-order valence-corrected chi connectivity index (χ4v) is 7.34. The first kappa shape index (κ1) is 24.0. The maximum atomic E-state index is 12.7. The number of hydrogen-bond acceptors (Lipinski definition) is 4. The molecule has 3 saturated carbocycles. The highest BCUT2D eigenvalue weighted by Crippen LogP contribution is 2.61. The van der Waals surface area contributed by atoms with Crippen molar-refractivity contribution in [3.63, 3.8) is 0 Å². The van der Waals surface area contributed by atoms with Gasteiger partial charge in [0.05, 0.1) is 6.10 Å². The first-order valence-electron chi connectivity index (χ1n) is 13.4. The van der Waals surface area contributed by atoms with E-state index in [2.05, 4.69) is 13.8 Å². The van der Waals surface area contributed by atoms with Crippen LogP contribution in [0.1, 0.15) is 104 Å². The van der Waals surface area contributed by atoms with Gasteiger partial charge >= 0.3 is 0 Å². The summed E-state index contributed by atoms with van der Waals surface area (Å²) in [5, 5.41) is 21.8. The summed E-state index contributed by atoms with van der Waals surface area (Å²) in [6.45, 7) is 5.04. The lowest BCUT2D eigenvalue weighted by atomic mass is 9.54. The molecule has 4 aliphatic carbocycles. The third kappa shape index (κ3) is 4.59. The predicted octanol–water partition coefficient (Wildman–Crippen LogP) is 6.43. The molecule has 4 heteroatoms. The van der Waals surface area contributed by atoms with Gasteiger partial charge in [-0.3, -0.25) is 4.79 Å². The van der Waals surface area contributed by atoms with E-state index in [4.69, 9.17) is 4.74 Å². The standard InChI is InChI=1S/C28H44O4/c1-3-4-5-6-7-8-9-10-17-32-27-23(29)18-19-11-12-20-21(25(19)26(27)31)15-16-28(2)22(20)13-14-24(28)30/h18,20-22,24,27,30-31H,3-17H2,1-2H3/t20-,21-,22-,24-,27?,28-/m0/s1. The molecule has 0 spiro atoms. The molecule has 0 aromatic heterocycles. The van der Waals surface area contributed by atoms with Crippen LogP contribution in [0.3, 0.4) is 0 Å². The van der Waals surface area contributed by atoms with Gasteiger partial charge in [-0.2, -0.15) is 0 Å². The summed E-state index contributed by atoms with van der Waals surface area (Å²) in [5.74, 6) is 1.44. The minimum Gasteiger partial charge on any atom is -0.509 e. The van der Waals surface area contributed by atoms with Crippen LogP contribution >= 0.6 is 0 Å². The fraction of sp³-hybridized carbons (Fsp3) is 0.821. The molecule has 4 nitrogen and oxygen atoms in total. The minimum absolute atomic E-state index is 0.0233. The van der Waals surface area contributed by atoms with E-state index in [0.717, 1.165) is 62.5 Å². The maximum Gasteiger partial charge on any atom is 0.192 e. The number of rotatable bonds is 10. The average Bonchev–Trinajstić information content (AvgIpc) is 3.08. The van der Waals surface area contributed by atoms with Crippen LogP contribution in [0.2, 0.25) is 0 Å². The second-order valence-corrected chi connectivity index (χ2v) is 11.1. The van der Waals surface area contributed by atoms with Crippen molar-refractivity contribution >= 4 is 5.78 Å². The molecule has 6 atom stereocenters. The lowest BCUT2D eigenvalue weighted by molar-refractivity contribution is -0.125. The first-order chi connectivity index (χ1) is 15.5. The molecule has 4 aliphatic rings. The van der Waals surface area contributed by atoms with Crippen molar-refractivity contribution in [2.45, 2.75) is 116 Å². The Balaban J connectivity index is 1.35. The van der Waals surface area contributed by atoms with E-state index in [0.29, 0.717) is 24.4 Å². The Hall–Kier alpha value is -1.13. The zero-order valence-electron chi connectivity index (χ0n) is 20.3. The van der Waals surface area contributed by atoms with Crippen LogP contribution in [0.5, 0.6) is 0 Å². The molecule has 0 aromatic rings. The van der Waals surface area contributed by atoms with Crippen LogP contribution in [0, 0.1) is 23.2 Å². The number of hydrogen-bond donors (Lipinski definition) is 2. The highest BCUT2D eigenvalue weighted by atomic mass is 16.5. The smallest absolute Gasteiger partial charge is 0.192 e. The summed E-state index contributed by atoms with van der Waals surface area (Å²) >= 11 is 0. The van der Waals surface area contributed by atoms with Crippen molar-refractivity contribution in [1.82, 2.24) is 0 Å². The summed E-state index contributed by atoms with van der Waals surface area (Å²) in [6.07, 6.45) is 16.5. The summed E-state index contributed by atoms with van der Waals surface area (Å²) in [4.78, 5) is 12.7. The molecule has 0 radical (unpaired) electrons. The molecule has 3 fully saturated rings. The van der Waals surface area contributed by atoms with E-state index >= 15 is 0 Å². The monoisotopic (exact) mass is 444 g/mol. The van der Waals surface area contributed by atoms with Gasteiger partial charge in [-0.05, 0) is 85.3 Å². The molecule has 32 heavy (non-hydrogen) atoms. The van der Waals surface area contributed by atoms with Gasteiger partial charge in [-0.1, -0.05) is 58.8 Å². The van der Waals surface area contributed by atoms with Crippen LogP contribution in [0.4, 0.5) is 0 Å². The average molecular weight is 445 g/mol. The Bertz CT molecular complexity index is 738. The highest BCUT2D eigenvalue weighted by molar-refractivity contribution is 5.98. The van der Waals surface area contributed by atoms with Gasteiger partial charge in [0, 0.05) is 6.61 Å². The molecule has 0 aliphatic heterocycles. The minimum atomic E-state index is -0.806. The number of ether oxygens (including phenoxy) is 1. The van der Waals surface area contributed by atoms with E-state index in [1.165, 1.54) is 38.5 Å². The van der Waals surface area contributed by atoms with Gasteiger partial charge in [0.25, 0.3) is 0 Å². The molecule has 0 heterocycles. The Labute approximate surface area is 194 Å².